The van der Waals surface area contributed by atoms with Crippen LogP contribution in [0.15, 0.2) is 18.2 Å². The number of ether oxygens (including phenoxy) is 2. The zero-order valence-corrected chi connectivity index (χ0v) is 11.3. The molecule has 0 aliphatic carbocycles. The monoisotopic (exact) mass is 252 g/mol. The first-order valence-corrected chi connectivity index (χ1v) is 5.74. The summed E-state index contributed by atoms with van der Waals surface area (Å²) in [6.07, 6.45) is 0. The van der Waals surface area contributed by atoms with Crippen LogP contribution in [0.2, 0.25) is 0 Å². The van der Waals surface area contributed by atoms with Crippen LogP contribution in [0.5, 0.6) is 11.5 Å². The molecular formula is C13H20N2O3. The molecule has 0 aromatic heterocycles. The molecular weight excluding hydrogens is 232 g/mol. The van der Waals surface area contributed by atoms with Crippen LogP contribution in [-0.4, -0.2) is 44.7 Å². The number of nitrogens with zero attached hydrogens (tertiary/aromatic N) is 1. The molecule has 2 N–H and O–H groups in total. The van der Waals surface area contributed by atoms with Gasteiger partial charge in [-0.2, -0.15) is 0 Å². The number of hydrogen-bond donors (Lipinski definition) is 1. The molecule has 1 unspecified atom stereocenters. The van der Waals surface area contributed by atoms with Gasteiger partial charge in [0.2, 0.25) is 0 Å². The van der Waals surface area contributed by atoms with Crippen LogP contribution in [0.25, 0.3) is 0 Å². The van der Waals surface area contributed by atoms with Crippen LogP contribution >= 0.6 is 0 Å². The molecule has 0 spiro atoms. The number of amides is 1. The lowest BCUT2D eigenvalue weighted by Gasteiger charge is -2.24. The highest BCUT2D eigenvalue weighted by Gasteiger charge is 2.20. The molecule has 0 heterocycles. The summed E-state index contributed by atoms with van der Waals surface area (Å²) < 4.78 is 10.3. The number of nitrogens with two attached hydrogens (primary N) is 1. The van der Waals surface area contributed by atoms with Gasteiger partial charge in [-0.3, -0.25) is 4.79 Å². The molecule has 0 aliphatic rings. The van der Waals surface area contributed by atoms with Crippen molar-refractivity contribution in [1.29, 1.82) is 0 Å². The Bertz CT molecular complexity index is 421. The van der Waals surface area contributed by atoms with Gasteiger partial charge in [-0.25, -0.2) is 0 Å². The van der Waals surface area contributed by atoms with E-state index in [-0.39, 0.29) is 11.9 Å². The fraction of sp³-hybridized carbons (Fsp3) is 0.462. The van der Waals surface area contributed by atoms with Gasteiger partial charge < -0.3 is 20.1 Å². The van der Waals surface area contributed by atoms with Gasteiger partial charge in [0.05, 0.1) is 19.8 Å². The predicted octanol–water partition coefficient (Wildman–Crippen LogP) is 1.12. The fourth-order valence-electron chi connectivity index (χ4n) is 1.53. The van der Waals surface area contributed by atoms with Crippen molar-refractivity contribution in [3.8, 4) is 11.5 Å². The molecule has 18 heavy (non-hydrogen) atoms. The van der Waals surface area contributed by atoms with E-state index in [0.717, 1.165) is 0 Å². The third-order valence-electron chi connectivity index (χ3n) is 2.96. The molecule has 0 saturated carbocycles. The van der Waals surface area contributed by atoms with Crippen molar-refractivity contribution < 1.29 is 14.3 Å². The lowest BCUT2D eigenvalue weighted by Crippen LogP contribution is -2.39. The SMILES string of the molecule is COc1ccc(OC)c(C(=O)N(C)C(C)CN)c1. The molecule has 1 aromatic rings. The van der Waals surface area contributed by atoms with E-state index in [1.165, 1.54) is 7.11 Å². The van der Waals surface area contributed by atoms with Crippen molar-refractivity contribution in [1.82, 2.24) is 4.90 Å². The van der Waals surface area contributed by atoms with Crippen LogP contribution < -0.4 is 15.2 Å². The lowest BCUT2D eigenvalue weighted by atomic mass is 10.1. The van der Waals surface area contributed by atoms with Crippen molar-refractivity contribution in [2.45, 2.75) is 13.0 Å². The Balaban J connectivity index is 3.10. The van der Waals surface area contributed by atoms with Gasteiger partial charge in [0.1, 0.15) is 11.5 Å². The van der Waals surface area contributed by atoms with Crippen molar-refractivity contribution in [2.24, 2.45) is 5.73 Å². The maximum absolute atomic E-state index is 12.3. The Labute approximate surface area is 107 Å². The zero-order valence-electron chi connectivity index (χ0n) is 11.3. The van der Waals surface area contributed by atoms with Gasteiger partial charge in [-0.05, 0) is 25.1 Å². The summed E-state index contributed by atoms with van der Waals surface area (Å²) in [5, 5.41) is 0. The molecule has 5 heteroatoms. The highest BCUT2D eigenvalue weighted by Crippen LogP contribution is 2.25. The van der Waals surface area contributed by atoms with Gasteiger partial charge in [-0.1, -0.05) is 0 Å². The maximum Gasteiger partial charge on any atom is 0.257 e. The van der Waals surface area contributed by atoms with E-state index in [1.54, 1.807) is 37.3 Å². The summed E-state index contributed by atoms with van der Waals surface area (Å²) in [6, 6.07) is 5.10. The molecule has 100 valence electrons. The van der Waals surface area contributed by atoms with E-state index in [0.29, 0.717) is 23.6 Å². The van der Waals surface area contributed by atoms with Crippen molar-refractivity contribution in [3.63, 3.8) is 0 Å². The second kappa shape index (κ2) is 6.26. The number of hydrogen-bond acceptors (Lipinski definition) is 4. The minimum Gasteiger partial charge on any atom is -0.497 e. The number of benzene rings is 1. The van der Waals surface area contributed by atoms with E-state index in [4.69, 9.17) is 15.2 Å². The molecule has 0 saturated heterocycles. The number of methoxy groups -OCH3 is 2. The third-order valence-corrected chi connectivity index (χ3v) is 2.96. The zero-order chi connectivity index (χ0) is 13.7. The highest BCUT2D eigenvalue weighted by molar-refractivity contribution is 5.97. The first-order chi connectivity index (χ1) is 8.54. The second-order valence-corrected chi connectivity index (χ2v) is 4.07. The van der Waals surface area contributed by atoms with Crippen molar-refractivity contribution >= 4 is 5.91 Å². The molecule has 1 rings (SSSR count). The summed E-state index contributed by atoms with van der Waals surface area (Å²) in [5.74, 6) is 1.01. The molecule has 1 amide bonds. The Kier molecular flexibility index (Phi) is 4.97. The molecule has 0 radical (unpaired) electrons. The normalized spacial score (nSPS) is 11.8. The predicted molar refractivity (Wildman–Crippen MR) is 70.2 cm³/mol. The van der Waals surface area contributed by atoms with E-state index >= 15 is 0 Å². The Morgan fingerprint density at radius 1 is 1.39 bits per heavy atom. The summed E-state index contributed by atoms with van der Waals surface area (Å²) in [5.41, 5.74) is 6.04. The number of rotatable bonds is 5. The molecule has 0 bridgehead atoms. The molecule has 1 aromatic carbocycles. The van der Waals surface area contributed by atoms with Crippen LogP contribution in [0.4, 0.5) is 0 Å². The van der Waals surface area contributed by atoms with E-state index in [9.17, 15) is 4.79 Å². The number of carbonyl (C=O) groups is 1. The standard InChI is InChI=1S/C13H20N2O3/c1-9(8-14)15(2)13(16)11-7-10(17-3)5-6-12(11)18-4/h5-7,9H,8,14H2,1-4H3. The summed E-state index contributed by atoms with van der Waals surface area (Å²) in [7, 11) is 4.81. The lowest BCUT2D eigenvalue weighted by molar-refractivity contribution is 0.0744. The topological polar surface area (TPSA) is 64.8 Å². The maximum atomic E-state index is 12.3. The van der Waals surface area contributed by atoms with Crippen LogP contribution in [-0.2, 0) is 0 Å². The fourth-order valence-corrected chi connectivity index (χ4v) is 1.53. The molecule has 0 aliphatic heterocycles. The van der Waals surface area contributed by atoms with Gasteiger partial charge in [0.25, 0.3) is 5.91 Å². The van der Waals surface area contributed by atoms with E-state index in [1.807, 2.05) is 6.92 Å². The number of likely N-dealkylation sites (N-methyl/N-ethyl adjacent to an activating group) is 1. The largest absolute Gasteiger partial charge is 0.497 e. The van der Waals surface area contributed by atoms with Gasteiger partial charge in [-0.15, -0.1) is 0 Å². The average Bonchev–Trinajstić information content (AvgIpc) is 2.43. The minimum absolute atomic E-state index is 0.0339. The third kappa shape index (κ3) is 2.92. The summed E-state index contributed by atoms with van der Waals surface area (Å²) >= 11 is 0. The highest BCUT2D eigenvalue weighted by atomic mass is 16.5. The molecule has 1 atom stereocenters. The smallest absolute Gasteiger partial charge is 0.257 e. The van der Waals surface area contributed by atoms with Crippen LogP contribution in [0, 0.1) is 0 Å². The van der Waals surface area contributed by atoms with Gasteiger partial charge in [0, 0.05) is 19.6 Å². The Hall–Kier alpha value is -1.75. The first kappa shape index (κ1) is 14.3. The summed E-state index contributed by atoms with van der Waals surface area (Å²) in [4.78, 5) is 13.9. The molecule has 0 fully saturated rings. The van der Waals surface area contributed by atoms with E-state index in [2.05, 4.69) is 0 Å². The van der Waals surface area contributed by atoms with Crippen LogP contribution in [0.3, 0.4) is 0 Å². The average molecular weight is 252 g/mol. The van der Waals surface area contributed by atoms with Crippen molar-refractivity contribution in [2.75, 3.05) is 27.8 Å². The quantitative estimate of drug-likeness (QED) is 0.853. The van der Waals surface area contributed by atoms with E-state index < -0.39 is 0 Å². The Morgan fingerprint density at radius 2 is 2.06 bits per heavy atom. The number of carbonyl (C=O) groups excluding carboxylic acids is 1. The van der Waals surface area contributed by atoms with Gasteiger partial charge in [0.15, 0.2) is 0 Å². The first-order valence-electron chi connectivity index (χ1n) is 5.74. The van der Waals surface area contributed by atoms with Crippen molar-refractivity contribution in [3.05, 3.63) is 23.8 Å². The second-order valence-electron chi connectivity index (χ2n) is 4.07. The van der Waals surface area contributed by atoms with Gasteiger partial charge >= 0.3 is 0 Å². The molecule has 5 nitrogen and oxygen atoms in total. The Morgan fingerprint density at radius 3 is 2.56 bits per heavy atom. The minimum atomic E-state index is -0.135. The van der Waals surface area contributed by atoms with Crippen LogP contribution in [0.1, 0.15) is 17.3 Å². The summed E-state index contributed by atoms with van der Waals surface area (Å²) in [6.45, 7) is 2.30.